The molecule has 1 unspecified atom stereocenters. The van der Waals surface area contributed by atoms with E-state index < -0.39 is 7.67 Å². The van der Waals surface area contributed by atoms with Gasteiger partial charge in [0.2, 0.25) is 0 Å². The molecule has 0 saturated heterocycles. The van der Waals surface area contributed by atoms with Crippen LogP contribution in [0.5, 0.6) is 0 Å². The van der Waals surface area contributed by atoms with Gasteiger partial charge in [-0.3, -0.25) is 0 Å². The van der Waals surface area contributed by atoms with Crippen molar-refractivity contribution in [1.82, 2.24) is 10.2 Å². The third kappa shape index (κ3) is 20.0. The van der Waals surface area contributed by atoms with Gasteiger partial charge in [0.15, 0.2) is 0 Å². The summed E-state index contributed by atoms with van der Waals surface area (Å²) in [6.45, 7) is 4.79. The highest BCUT2D eigenvalue weighted by molar-refractivity contribution is 7.53. The summed E-state index contributed by atoms with van der Waals surface area (Å²) in [6.07, 6.45) is 24.6. The summed E-state index contributed by atoms with van der Waals surface area (Å²) in [5.41, 5.74) is 0. The molecular formula is C21H45N2O2P. The molecule has 0 fully saturated rings. The van der Waals surface area contributed by atoms with Crippen molar-refractivity contribution in [1.29, 1.82) is 0 Å². The van der Waals surface area contributed by atoms with Crippen LogP contribution in [0.15, 0.2) is 12.3 Å². The summed E-state index contributed by atoms with van der Waals surface area (Å²) < 4.78 is 11.6. The second-order valence-corrected chi connectivity index (χ2v) is 9.13. The maximum Gasteiger partial charge on any atom is 0.362 e. The summed E-state index contributed by atoms with van der Waals surface area (Å²) in [4.78, 5) is 9.55. The Labute approximate surface area is 163 Å². The maximum absolute atomic E-state index is 11.6. The van der Waals surface area contributed by atoms with Crippen LogP contribution >= 0.6 is 7.67 Å². The number of unbranched alkanes of at least 4 members (excludes halogenated alkanes) is 14. The Morgan fingerprint density at radius 3 is 1.65 bits per heavy atom. The molecule has 1 atom stereocenters. The zero-order valence-corrected chi connectivity index (χ0v) is 18.4. The van der Waals surface area contributed by atoms with Crippen molar-refractivity contribution in [3.8, 4) is 0 Å². The van der Waals surface area contributed by atoms with E-state index in [1.54, 1.807) is 6.20 Å². The molecule has 0 heterocycles. The average Bonchev–Trinajstić information content (AvgIpc) is 2.62. The zero-order chi connectivity index (χ0) is 19.3. The number of rotatable bonds is 20. The van der Waals surface area contributed by atoms with Gasteiger partial charge < -0.3 is 9.98 Å². The van der Waals surface area contributed by atoms with Gasteiger partial charge in [-0.2, -0.15) is 0 Å². The van der Waals surface area contributed by atoms with Gasteiger partial charge in [0.25, 0.3) is 0 Å². The van der Waals surface area contributed by atoms with Crippen LogP contribution in [0.3, 0.4) is 0 Å². The lowest BCUT2D eigenvalue weighted by molar-refractivity contribution is 0.455. The average molecular weight is 389 g/mol. The first-order valence-corrected chi connectivity index (χ1v) is 12.8. The van der Waals surface area contributed by atoms with E-state index in [0.717, 1.165) is 19.3 Å². The minimum absolute atomic E-state index is 0.549. The third-order valence-electron chi connectivity index (χ3n) is 4.67. The molecule has 0 spiro atoms. The molecule has 5 heteroatoms. The Kier molecular flexibility index (Phi) is 19.2. The Hall–Kier alpha value is -0.310. The molecular weight excluding hydrogens is 343 g/mol. The van der Waals surface area contributed by atoms with Crippen molar-refractivity contribution in [3.63, 3.8) is 0 Å². The molecule has 4 nitrogen and oxygen atoms in total. The van der Waals surface area contributed by atoms with E-state index in [9.17, 15) is 9.46 Å². The summed E-state index contributed by atoms with van der Waals surface area (Å²) in [5.74, 6) is 0. The summed E-state index contributed by atoms with van der Waals surface area (Å²) >= 11 is 0. The van der Waals surface area contributed by atoms with Crippen LogP contribution in [-0.4, -0.2) is 11.4 Å². The highest BCUT2D eigenvalue weighted by Gasteiger charge is 2.12. The lowest BCUT2D eigenvalue weighted by Crippen LogP contribution is -2.18. The van der Waals surface area contributed by atoms with Crippen molar-refractivity contribution in [2.45, 2.75) is 117 Å². The van der Waals surface area contributed by atoms with E-state index in [2.05, 4.69) is 17.1 Å². The van der Waals surface area contributed by atoms with Crippen LogP contribution in [-0.2, 0) is 4.57 Å². The number of hydrogen-bond donors (Lipinski definition) is 3. The first kappa shape index (κ1) is 25.7. The van der Waals surface area contributed by atoms with Gasteiger partial charge in [0, 0.05) is 12.7 Å². The van der Waals surface area contributed by atoms with Gasteiger partial charge in [0.1, 0.15) is 0 Å². The molecule has 0 aliphatic rings. The van der Waals surface area contributed by atoms with Crippen molar-refractivity contribution >= 4 is 7.67 Å². The quantitative estimate of drug-likeness (QED) is 0.154. The van der Waals surface area contributed by atoms with Crippen molar-refractivity contribution < 1.29 is 9.46 Å². The topological polar surface area (TPSA) is 61.4 Å². The fourth-order valence-corrected chi connectivity index (χ4v) is 3.93. The second-order valence-electron chi connectivity index (χ2n) is 7.40. The van der Waals surface area contributed by atoms with Crippen molar-refractivity contribution in [2.75, 3.05) is 6.54 Å². The van der Waals surface area contributed by atoms with Crippen molar-refractivity contribution in [3.05, 3.63) is 12.3 Å². The largest absolute Gasteiger partial charge is 0.362 e. The summed E-state index contributed by atoms with van der Waals surface area (Å²) in [6, 6.07) is 0. The molecule has 26 heavy (non-hydrogen) atoms. The van der Waals surface area contributed by atoms with E-state index in [-0.39, 0.29) is 0 Å². The predicted octanol–water partition coefficient (Wildman–Crippen LogP) is 7.06. The molecule has 3 N–H and O–H groups in total. The molecule has 0 bridgehead atoms. The molecule has 156 valence electrons. The molecule has 0 radical (unpaired) electrons. The first-order valence-electron chi connectivity index (χ1n) is 11.1. The zero-order valence-electron chi connectivity index (χ0n) is 17.5. The van der Waals surface area contributed by atoms with Crippen LogP contribution in [0.1, 0.15) is 117 Å². The SMILES string of the molecule is CCCCCCCCCCCCCCCCC=CNP(=O)(O)NCCC. The Bertz CT molecular complexity index is 362. The fourth-order valence-electron chi connectivity index (χ4n) is 3.00. The van der Waals surface area contributed by atoms with Gasteiger partial charge >= 0.3 is 7.67 Å². The molecule has 0 aromatic rings. The number of nitrogens with one attached hydrogen (secondary N) is 2. The highest BCUT2D eigenvalue weighted by atomic mass is 31.2. The number of hydrogen-bond acceptors (Lipinski definition) is 1. The second kappa shape index (κ2) is 19.5. The first-order chi connectivity index (χ1) is 12.6. The Morgan fingerprint density at radius 2 is 1.19 bits per heavy atom. The van der Waals surface area contributed by atoms with Crippen LogP contribution in [0.4, 0.5) is 0 Å². The van der Waals surface area contributed by atoms with Gasteiger partial charge in [-0.25, -0.2) is 9.65 Å². The lowest BCUT2D eigenvalue weighted by Gasteiger charge is -2.11. The molecule has 0 aliphatic carbocycles. The molecule has 0 saturated carbocycles. The smallest absolute Gasteiger partial charge is 0.318 e. The van der Waals surface area contributed by atoms with E-state index in [1.165, 1.54) is 83.5 Å². The Morgan fingerprint density at radius 1 is 0.731 bits per heavy atom. The monoisotopic (exact) mass is 388 g/mol. The number of allylic oxidation sites excluding steroid dienone is 1. The van der Waals surface area contributed by atoms with E-state index in [1.807, 2.05) is 13.0 Å². The minimum atomic E-state index is -3.39. The minimum Gasteiger partial charge on any atom is -0.318 e. The standard InChI is InChI=1S/C21H45N2O2P/c1-3-5-6-7-8-9-10-11-12-13-14-15-16-17-18-19-21-23-26(24,25)22-20-4-2/h19,21H,3-18,20H2,1-2H3,(H3,22,23,24,25). The normalized spacial score (nSPS) is 14.0. The summed E-state index contributed by atoms with van der Waals surface area (Å²) in [5, 5.41) is 5.17. The van der Waals surface area contributed by atoms with Gasteiger partial charge in [-0.15, -0.1) is 0 Å². The van der Waals surface area contributed by atoms with E-state index in [0.29, 0.717) is 6.54 Å². The van der Waals surface area contributed by atoms with E-state index >= 15 is 0 Å². The fraction of sp³-hybridized carbons (Fsp3) is 0.905. The van der Waals surface area contributed by atoms with Gasteiger partial charge in [-0.1, -0.05) is 103 Å². The third-order valence-corrected chi connectivity index (χ3v) is 5.82. The van der Waals surface area contributed by atoms with Crippen LogP contribution in [0, 0.1) is 0 Å². The van der Waals surface area contributed by atoms with Gasteiger partial charge in [-0.05, 0) is 19.3 Å². The molecule has 0 amide bonds. The van der Waals surface area contributed by atoms with Crippen LogP contribution in [0.2, 0.25) is 0 Å². The molecule has 0 rings (SSSR count). The predicted molar refractivity (Wildman–Crippen MR) is 115 cm³/mol. The lowest BCUT2D eigenvalue weighted by atomic mass is 10.0. The molecule has 0 aromatic carbocycles. The van der Waals surface area contributed by atoms with Crippen molar-refractivity contribution in [2.24, 2.45) is 0 Å². The summed E-state index contributed by atoms with van der Waals surface area (Å²) in [7, 11) is -3.39. The Balaban J connectivity index is 3.24. The maximum atomic E-state index is 11.6. The van der Waals surface area contributed by atoms with Gasteiger partial charge in [0.05, 0.1) is 0 Å². The van der Waals surface area contributed by atoms with Crippen LogP contribution in [0.25, 0.3) is 0 Å². The van der Waals surface area contributed by atoms with Crippen LogP contribution < -0.4 is 10.2 Å². The van der Waals surface area contributed by atoms with E-state index in [4.69, 9.17) is 0 Å². The molecule has 0 aliphatic heterocycles. The molecule has 0 aromatic heterocycles. The highest BCUT2D eigenvalue weighted by Crippen LogP contribution is 2.28.